The van der Waals surface area contributed by atoms with Crippen LogP contribution in [0.1, 0.15) is 40.0 Å². The largest absolute Gasteiger partial charge is 0.345 e. The highest BCUT2D eigenvalue weighted by molar-refractivity contribution is 7.98. The fourth-order valence-corrected chi connectivity index (χ4v) is 2.31. The van der Waals surface area contributed by atoms with Crippen LogP contribution in [0, 0.1) is 5.92 Å². The van der Waals surface area contributed by atoms with Crippen LogP contribution in [-0.2, 0) is 14.4 Å². The first-order chi connectivity index (χ1) is 9.40. The van der Waals surface area contributed by atoms with Gasteiger partial charge in [0.1, 0.15) is 12.3 Å². The van der Waals surface area contributed by atoms with Crippen LogP contribution in [0.5, 0.6) is 0 Å². The summed E-state index contributed by atoms with van der Waals surface area (Å²) in [7, 11) is 0. The van der Waals surface area contributed by atoms with Crippen molar-refractivity contribution < 1.29 is 14.4 Å². The Balaban J connectivity index is 4.46. The highest BCUT2D eigenvalue weighted by Gasteiger charge is 2.22. The van der Waals surface area contributed by atoms with Crippen molar-refractivity contribution in [3.8, 4) is 0 Å². The molecular weight excluding hydrogens is 276 g/mol. The molecule has 0 spiro atoms. The Morgan fingerprint density at radius 3 is 2.35 bits per heavy atom. The summed E-state index contributed by atoms with van der Waals surface area (Å²) in [5.74, 6) is 0.719. The second-order valence-electron chi connectivity index (χ2n) is 5.27. The Hall–Kier alpha value is -1.04. The number of amides is 2. The summed E-state index contributed by atoms with van der Waals surface area (Å²) in [6.07, 6.45) is 4.83. The summed E-state index contributed by atoms with van der Waals surface area (Å²) in [5, 5.41) is 5.34. The third-order valence-electron chi connectivity index (χ3n) is 2.76. The average Bonchev–Trinajstić information content (AvgIpc) is 2.35. The van der Waals surface area contributed by atoms with Crippen LogP contribution >= 0.6 is 11.8 Å². The van der Waals surface area contributed by atoms with E-state index in [0.717, 1.165) is 18.5 Å². The average molecular weight is 302 g/mol. The number of carbonyl (C=O) groups is 3. The molecule has 0 aromatic heterocycles. The highest BCUT2D eigenvalue weighted by atomic mass is 32.2. The number of thioether (sulfide) groups is 1. The maximum absolute atomic E-state index is 12.1. The summed E-state index contributed by atoms with van der Waals surface area (Å²) in [4.78, 5) is 34.3. The first kappa shape index (κ1) is 19.0. The molecule has 6 heteroatoms. The molecule has 0 aliphatic heterocycles. The molecule has 0 aromatic rings. The zero-order valence-electron chi connectivity index (χ0n) is 12.8. The summed E-state index contributed by atoms with van der Waals surface area (Å²) >= 11 is 1.71. The molecule has 0 aliphatic rings. The molecule has 0 aromatic carbocycles. The zero-order valence-corrected chi connectivity index (χ0v) is 13.6. The standard InChI is InChI=1S/C14H26N2O3S/c1-10(2)8-13(15-11(3)18)14(19)16-12(9-17)6-5-7-20-4/h9-10,12-13H,5-8H2,1-4H3,(H,15,18)(H,16,19)/t12-,13-/m0/s1. The summed E-state index contributed by atoms with van der Waals surface area (Å²) < 4.78 is 0. The normalized spacial score (nSPS) is 13.7. The molecule has 0 saturated heterocycles. The molecular formula is C14H26N2O3S. The minimum Gasteiger partial charge on any atom is -0.345 e. The van der Waals surface area contributed by atoms with Crippen LogP contribution in [-0.4, -0.2) is 42.2 Å². The van der Waals surface area contributed by atoms with Gasteiger partial charge in [0, 0.05) is 6.92 Å². The molecule has 2 atom stereocenters. The fraction of sp³-hybridized carbons (Fsp3) is 0.786. The molecule has 20 heavy (non-hydrogen) atoms. The van der Waals surface area contributed by atoms with Crippen molar-refractivity contribution in [2.45, 2.75) is 52.1 Å². The Morgan fingerprint density at radius 2 is 1.90 bits per heavy atom. The molecule has 5 nitrogen and oxygen atoms in total. The second kappa shape index (κ2) is 10.7. The molecule has 0 saturated carbocycles. The molecule has 2 N–H and O–H groups in total. The van der Waals surface area contributed by atoms with Gasteiger partial charge in [-0.15, -0.1) is 0 Å². The van der Waals surface area contributed by atoms with Gasteiger partial charge in [-0.05, 0) is 37.2 Å². The van der Waals surface area contributed by atoms with Gasteiger partial charge >= 0.3 is 0 Å². The number of nitrogens with one attached hydrogen (secondary N) is 2. The SMILES string of the molecule is CSCCC[C@@H](C=O)NC(=O)[C@H](CC(C)C)NC(C)=O. The minimum absolute atomic E-state index is 0.240. The van der Waals surface area contributed by atoms with Gasteiger partial charge in [-0.25, -0.2) is 0 Å². The topological polar surface area (TPSA) is 75.3 Å². The van der Waals surface area contributed by atoms with E-state index in [2.05, 4.69) is 10.6 Å². The van der Waals surface area contributed by atoms with Crippen LogP contribution in [0.4, 0.5) is 0 Å². The quantitative estimate of drug-likeness (QED) is 0.472. The van der Waals surface area contributed by atoms with E-state index in [-0.39, 0.29) is 17.7 Å². The number of hydrogen-bond donors (Lipinski definition) is 2. The number of aldehydes is 1. The van der Waals surface area contributed by atoms with Crippen LogP contribution in [0.2, 0.25) is 0 Å². The lowest BCUT2D eigenvalue weighted by Crippen LogP contribution is -2.50. The van der Waals surface area contributed by atoms with Gasteiger partial charge in [0.2, 0.25) is 11.8 Å². The molecule has 116 valence electrons. The Morgan fingerprint density at radius 1 is 1.25 bits per heavy atom. The van der Waals surface area contributed by atoms with Gasteiger partial charge in [0.25, 0.3) is 0 Å². The van der Waals surface area contributed by atoms with E-state index in [0.29, 0.717) is 12.8 Å². The summed E-state index contributed by atoms with van der Waals surface area (Å²) in [6.45, 7) is 5.35. The first-order valence-corrected chi connectivity index (χ1v) is 8.31. The van der Waals surface area contributed by atoms with E-state index >= 15 is 0 Å². The highest BCUT2D eigenvalue weighted by Crippen LogP contribution is 2.07. The summed E-state index contributed by atoms with van der Waals surface area (Å²) in [6, 6.07) is -1.05. The zero-order chi connectivity index (χ0) is 15.5. The predicted molar refractivity (Wildman–Crippen MR) is 82.7 cm³/mol. The van der Waals surface area contributed by atoms with Crippen molar-refractivity contribution in [2.24, 2.45) is 5.92 Å². The van der Waals surface area contributed by atoms with Crippen LogP contribution in [0.3, 0.4) is 0 Å². The maximum Gasteiger partial charge on any atom is 0.243 e. The van der Waals surface area contributed by atoms with Crippen LogP contribution < -0.4 is 10.6 Å². The first-order valence-electron chi connectivity index (χ1n) is 6.92. The lowest BCUT2D eigenvalue weighted by atomic mass is 10.0. The van der Waals surface area contributed by atoms with Crippen molar-refractivity contribution in [3.63, 3.8) is 0 Å². The number of carbonyl (C=O) groups excluding carboxylic acids is 3. The fourth-order valence-electron chi connectivity index (χ4n) is 1.85. The summed E-state index contributed by atoms with van der Waals surface area (Å²) in [5.41, 5.74) is 0. The molecule has 0 aliphatic carbocycles. The molecule has 0 heterocycles. The van der Waals surface area contributed by atoms with Crippen molar-refractivity contribution in [2.75, 3.05) is 12.0 Å². The van der Waals surface area contributed by atoms with Gasteiger partial charge in [-0.1, -0.05) is 13.8 Å². The van der Waals surface area contributed by atoms with E-state index in [4.69, 9.17) is 0 Å². The Labute approximate surface area is 125 Å². The Kier molecular flexibility index (Phi) is 10.2. The van der Waals surface area contributed by atoms with Crippen molar-refractivity contribution >= 4 is 29.9 Å². The predicted octanol–water partition coefficient (Wildman–Crippen LogP) is 1.36. The molecule has 0 radical (unpaired) electrons. The van der Waals surface area contributed by atoms with Crippen LogP contribution in [0.15, 0.2) is 0 Å². The molecule has 0 fully saturated rings. The smallest absolute Gasteiger partial charge is 0.243 e. The van der Waals surface area contributed by atoms with Gasteiger partial charge in [0.15, 0.2) is 0 Å². The minimum atomic E-state index is -0.574. The maximum atomic E-state index is 12.1. The molecule has 2 amide bonds. The monoisotopic (exact) mass is 302 g/mol. The van der Waals surface area contributed by atoms with E-state index in [9.17, 15) is 14.4 Å². The van der Waals surface area contributed by atoms with E-state index in [1.165, 1.54) is 6.92 Å². The van der Waals surface area contributed by atoms with Gasteiger partial charge in [-0.3, -0.25) is 9.59 Å². The van der Waals surface area contributed by atoms with Gasteiger partial charge in [-0.2, -0.15) is 11.8 Å². The lowest BCUT2D eigenvalue weighted by molar-refractivity contribution is -0.129. The van der Waals surface area contributed by atoms with Gasteiger partial charge < -0.3 is 15.4 Å². The number of hydrogen-bond acceptors (Lipinski definition) is 4. The lowest BCUT2D eigenvalue weighted by Gasteiger charge is -2.21. The van der Waals surface area contributed by atoms with Gasteiger partial charge in [0.05, 0.1) is 6.04 Å². The number of rotatable bonds is 10. The molecule has 0 bridgehead atoms. The molecule has 0 rings (SSSR count). The van der Waals surface area contributed by atoms with E-state index in [1.54, 1.807) is 11.8 Å². The van der Waals surface area contributed by atoms with Crippen molar-refractivity contribution in [1.82, 2.24) is 10.6 Å². The third kappa shape index (κ3) is 8.96. The van der Waals surface area contributed by atoms with E-state index in [1.807, 2.05) is 20.1 Å². The molecule has 0 unspecified atom stereocenters. The second-order valence-corrected chi connectivity index (χ2v) is 6.25. The van der Waals surface area contributed by atoms with Crippen molar-refractivity contribution in [3.05, 3.63) is 0 Å². The Bertz CT molecular complexity index is 322. The van der Waals surface area contributed by atoms with Crippen LogP contribution in [0.25, 0.3) is 0 Å². The third-order valence-corrected chi connectivity index (χ3v) is 3.45. The van der Waals surface area contributed by atoms with Crippen molar-refractivity contribution in [1.29, 1.82) is 0 Å². The van der Waals surface area contributed by atoms with E-state index < -0.39 is 12.1 Å².